The molecule has 0 fully saturated rings. The molecule has 0 aliphatic heterocycles. The number of ether oxygens (including phenoxy) is 1. The minimum atomic E-state index is -1.06. The molecule has 0 saturated carbocycles. The largest absolute Gasteiger partial charge is 0.493 e. The van der Waals surface area contributed by atoms with E-state index in [0.717, 1.165) is 29.2 Å². The zero-order valence-electron chi connectivity index (χ0n) is 14.0. The number of carbonyl (C=O) groups is 2. The van der Waals surface area contributed by atoms with E-state index in [1.54, 1.807) is 0 Å². The lowest BCUT2D eigenvalue weighted by molar-refractivity contribution is -0.141. The van der Waals surface area contributed by atoms with Gasteiger partial charge in [-0.05, 0) is 23.3 Å². The van der Waals surface area contributed by atoms with Crippen LogP contribution in [0, 0.1) is 0 Å². The molecule has 1 unspecified atom stereocenters. The maximum atomic E-state index is 11.5. The van der Waals surface area contributed by atoms with Crippen molar-refractivity contribution in [3.63, 3.8) is 0 Å². The molecule has 0 aliphatic carbocycles. The number of benzene rings is 2. The molecule has 24 heavy (non-hydrogen) atoms. The van der Waals surface area contributed by atoms with Crippen LogP contribution in [0.5, 0.6) is 5.75 Å². The quantitative estimate of drug-likeness (QED) is 0.730. The molecule has 2 aromatic rings. The predicted octanol–water partition coefficient (Wildman–Crippen LogP) is 3.15. The molecule has 0 radical (unpaired) electrons. The number of aliphatic carboxylic acids is 1. The topological polar surface area (TPSA) is 75.6 Å². The van der Waals surface area contributed by atoms with E-state index in [0.29, 0.717) is 12.4 Å². The Labute approximate surface area is 141 Å². The first-order chi connectivity index (χ1) is 11.5. The van der Waals surface area contributed by atoms with Crippen molar-refractivity contribution in [3.05, 3.63) is 42.0 Å². The van der Waals surface area contributed by atoms with Crippen LogP contribution in [0.15, 0.2) is 36.4 Å². The van der Waals surface area contributed by atoms with Gasteiger partial charge >= 0.3 is 5.97 Å². The highest BCUT2D eigenvalue weighted by Crippen LogP contribution is 2.29. The zero-order valence-corrected chi connectivity index (χ0v) is 14.0. The Hall–Kier alpha value is -2.56. The van der Waals surface area contributed by atoms with Crippen LogP contribution in [0.3, 0.4) is 0 Å². The lowest BCUT2D eigenvalue weighted by Gasteiger charge is -2.18. The SMILES string of the molecule is CCCCOc1ccc2ccccc2c1CC(NC(C)=O)C(=O)O. The van der Waals surface area contributed by atoms with Gasteiger partial charge in [0.15, 0.2) is 0 Å². The van der Waals surface area contributed by atoms with Gasteiger partial charge in [-0.1, -0.05) is 43.7 Å². The number of carboxylic acid groups (broad SMARTS) is 1. The van der Waals surface area contributed by atoms with Crippen molar-refractivity contribution >= 4 is 22.6 Å². The second kappa shape index (κ2) is 8.34. The average Bonchev–Trinajstić information content (AvgIpc) is 2.55. The molecule has 2 rings (SSSR count). The zero-order chi connectivity index (χ0) is 17.5. The number of hydrogen-bond acceptors (Lipinski definition) is 3. The van der Waals surface area contributed by atoms with Crippen molar-refractivity contribution in [1.29, 1.82) is 0 Å². The Bertz CT molecular complexity index is 726. The van der Waals surface area contributed by atoms with Crippen molar-refractivity contribution in [2.24, 2.45) is 0 Å². The van der Waals surface area contributed by atoms with E-state index >= 15 is 0 Å². The molecule has 0 spiro atoms. The Balaban J connectivity index is 2.40. The number of rotatable bonds is 8. The first-order valence-corrected chi connectivity index (χ1v) is 8.16. The Kier molecular flexibility index (Phi) is 6.18. The third-order valence-electron chi connectivity index (χ3n) is 3.84. The molecular weight excluding hydrogens is 306 g/mol. The fourth-order valence-electron chi connectivity index (χ4n) is 2.64. The summed E-state index contributed by atoms with van der Waals surface area (Å²) in [5.41, 5.74) is 0.811. The first kappa shape index (κ1) is 17.8. The van der Waals surface area contributed by atoms with Gasteiger partial charge in [-0.25, -0.2) is 4.79 Å². The van der Waals surface area contributed by atoms with Gasteiger partial charge < -0.3 is 15.2 Å². The number of hydrogen-bond donors (Lipinski definition) is 2. The highest BCUT2D eigenvalue weighted by Gasteiger charge is 2.22. The summed E-state index contributed by atoms with van der Waals surface area (Å²) in [6.45, 7) is 3.99. The van der Waals surface area contributed by atoms with Gasteiger partial charge in [-0.3, -0.25) is 4.79 Å². The molecule has 0 aromatic heterocycles. The van der Waals surface area contributed by atoms with E-state index in [-0.39, 0.29) is 12.3 Å². The third kappa shape index (κ3) is 4.47. The van der Waals surface area contributed by atoms with E-state index in [9.17, 15) is 14.7 Å². The summed E-state index contributed by atoms with van der Waals surface area (Å²) >= 11 is 0. The number of nitrogens with one attached hydrogen (secondary N) is 1. The van der Waals surface area contributed by atoms with E-state index in [1.807, 2.05) is 36.4 Å². The van der Waals surface area contributed by atoms with Crippen molar-refractivity contribution in [1.82, 2.24) is 5.32 Å². The molecule has 5 nitrogen and oxygen atoms in total. The molecule has 0 bridgehead atoms. The van der Waals surface area contributed by atoms with Gasteiger partial charge in [0.2, 0.25) is 5.91 Å². The molecule has 2 aromatic carbocycles. The summed E-state index contributed by atoms with van der Waals surface area (Å²) in [4.78, 5) is 22.8. The summed E-state index contributed by atoms with van der Waals surface area (Å²) in [6.07, 6.45) is 2.13. The maximum Gasteiger partial charge on any atom is 0.326 e. The average molecular weight is 329 g/mol. The normalized spacial score (nSPS) is 11.9. The number of carbonyl (C=O) groups excluding carboxylic acids is 1. The summed E-state index contributed by atoms with van der Waals surface area (Å²) in [7, 11) is 0. The second-order valence-electron chi connectivity index (χ2n) is 5.76. The molecule has 2 N–H and O–H groups in total. The van der Waals surface area contributed by atoms with Gasteiger partial charge in [0.05, 0.1) is 6.61 Å². The molecular formula is C19H23NO4. The molecule has 0 aliphatic rings. The highest BCUT2D eigenvalue weighted by molar-refractivity contribution is 5.89. The van der Waals surface area contributed by atoms with Crippen LogP contribution in [0.4, 0.5) is 0 Å². The van der Waals surface area contributed by atoms with Gasteiger partial charge in [-0.2, -0.15) is 0 Å². The van der Waals surface area contributed by atoms with Crippen LogP contribution in [0.1, 0.15) is 32.3 Å². The van der Waals surface area contributed by atoms with E-state index < -0.39 is 12.0 Å². The minimum absolute atomic E-state index is 0.178. The fourth-order valence-corrected chi connectivity index (χ4v) is 2.64. The minimum Gasteiger partial charge on any atom is -0.493 e. The molecule has 5 heteroatoms. The summed E-state index contributed by atoms with van der Waals surface area (Å²) in [5.74, 6) is -0.743. The summed E-state index contributed by atoms with van der Waals surface area (Å²) in [6, 6.07) is 10.6. The van der Waals surface area contributed by atoms with Crippen molar-refractivity contribution in [2.75, 3.05) is 6.61 Å². The molecule has 1 amide bonds. The van der Waals surface area contributed by atoms with E-state index in [2.05, 4.69) is 12.2 Å². The lowest BCUT2D eigenvalue weighted by atomic mass is 9.97. The molecule has 0 saturated heterocycles. The summed E-state index contributed by atoms with van der Waals surface area (Å²) in [5, 5.41) is 13.9. The summed E-state index contributed by atoms with van der Waals surface area (Å²) < 4.78 is 5.87. The standard InChI is InChI=1S/C19H23NO4/c1-3-4-11-24-18-10-9-14-7-5-6-8-15(14)16(18)12-17(19(22)23)20-13(2)21/h5-10,17H,3-4,11-12H2,1-2H3,(H,20,21)(H,22,23). The number of fused-ring (bicyclic) bond motifs is 1. The number of unbranched alkanes of at least 4 members (excludes halogenated alkanes) is 1. The van der Waals surface area contributed by atoms with Crippen LogP contribution < -0.4 is 10.1 Å². The van der Waals surface area contributed by atoms with Gasteiger partial charge in [0, 0.05) is 18.9 Å². The maximum absolute atomic E-state index is 11.5. The van der Waals surface area contributed by atoms with Gasteiger partial charge in [0.25, 0.3) is 0 Å². The Morgan fingerprint density at radius 3 is 2.62 bits per heavy atom. The highest BCUT2D eigenvalue weighted by atomic mass is 16.5. The fraction of sp³-hybridized carbons (Fsp3) is 0.368. The van der Waals surface area contributed by atoms with Crippen molar-refractivity contribution in [3.8, 4) is 5.75 Å². The first-order valence-electron chi connectivity index (χ1n) is 8.16. The monoisotopic (exact) mass is 329 g/mol. The Morgan fingerprint density at radius 2 is 1.96 bits per heavy atom. The van der Waals surface area contributed by atoms with Crippen LogP contribution >= 0.6 is 0 Å². The lowest BCUT2D eigenvalue weighted by Crippen LogP contribution is -2.41. The van der Waals surface area contributed by atoms with E-state index in [1.165, 1.54) is 6.92 Å². The van der Waals surface area contributed by atoms with Crippen LogP contribution in [0.25, 0.3) is 10.8 Å². The van der Waals surface area contributed by atoms with Crippen LogP contribution in [-0.4, -0.2) is 29.6 Å². The third-order valence-corrected chi connectivity index (χ3v) is 3.84. The van der Waals surface area contributed by atoms with Crippen molar-refractivity contribution in [2.45, 2.75) is 39.2 Å². The molecule has 0 heterocycles. The molecule has 1 atom stereocenters. The second-order valence-corrected chi connectivity index (χ2v) is 5.76. The van der Waals surface area contributed by atoms with E-state index in [4.69, 9.17) is 4.74 Å². The van der Waals surface area contributed by atoms with Crippen molar-refractivity contribution < 1.29 is 19.4 Å². The number of amides is 1. The van der Waals surface area contributed by atoms with Crippen LogP contribution in [-0.2, 0) is 16.0 Å². The van der Waals surface area contributed by atoms with Gasteiger partial charge in [-0.15, -0.1) is 0 Å². The predicted molar refractivity (Wildman–Crippen MR) is 93.3 cm³/mol. The molecule has 128 valence electrons. The Morgan fingerprint density at radius 1 is 1.21 bits per heavy atom. The smallest absolute Gasteiger partial charge is 0.326 e. The number of carboxylic acids is 1. The van der Waals surface area contributed by atoms with Gasteiger partial charge in [0.1, 0.15) is 11.8 Å². The van der Waals surface area contributed by atoms with Crippen LogP contribution in [0.2, 0.25) is 0 Å².